The molecule has 8 heteroatoms. The molecule has 0 saturated carbocycles. The summed E-state index contributed by atoms with van der Waals surface area (Å²) < 4.78 is 3.61. The Balaban J connectivity index is 1.64. The molecule has 0 fully saturated rings. The fraction of sp³-hybridized carbons (Fsp3) is 0.167. The van der Waals surface area contributed by atoms with Crippen molar-refractivity contribution in [1.29, 1.82) is 0 Å². The highest BCUT2D eigenvalue weighted by Gasteiger charge is 2.11. The van der Waals surface area contributed by atoms with E-state index in [1.165, 1.54) is 0 Å². The number of aryl methyl sites for hydroxylation is 2. The Morgan fingerprint density at radius 1 is 1.23 bits per heavy atom. The maximum absolute atomic E-state index is 12.3. The first-order chi connectivity index (χ1) is 12.6. The number of carbonyl (C=O) groups is 1. The van der Waals surface area contributed by atoms with Crippen LogP contribution in [0.3, 0.4) is 0 Å². The van der Waals surface area contributed by atoms with Crippen molar-refractivity contribution in [1.82, 2.24) is 29.3 Å². The summed E-state index contributed by atoms with van der Waals surface area (Å²) in [7, 11) is 1.92. The Hall–Kier alpha value is -3.55. The molecule has 0 aromatic carbocycles. The number of fused-ring (bicyclic) bond motifs is 1. The summed E-state index contributed by atoms with van der Waals surface area (Å²) in [5, 5.41) is 7.80. The van der Waals surface area contributed by atoms with Crippen molar-refractivity contribution in [2.45, 2.75) is 13.5 Å². The molecular formula is C18H17N7O. The van der Waals surface area contributed by atoms with E-state index in [9.17, 15) is 4.79 Å². The van der Waals surface area contributed by atoms with E-state index in [1.54, 1.807) is 41.9 Å². The number of anilines is 1. The van der Waals surface area contributed by atoms with Gasteiger partial charge in [-0.15, -0.1) is 0 Å². The van der Waals surface area contributed by atoms with Gasteiger partial charge in [0.1, 0.15) is 5.82 Å². The third-order valence-corrected chi connectivity index (χ3v) is 4.11. The third-order valence-electron chi connectivity index (χ3n) is 4.11. The van der Waals surface area contributed by atoms with E-state index in [0.717, 1.165) is 22.3 Å². The molecule has 0 spiro atoms. The van der Waals surface area contributed by atoms with Crippen LogP contribution in [0, 0.1) is 0 Å². The van der Waals surface area contributed by atoms with E-state index in [-0.39, 0.29) is 5.91 Å². The number of nitrogens with zero attached hydrogens (tertiary/aromatic N) is 6. The number of imidazole rings is 1. The lowest BCUT2D eigenvalue weighted by atomic mass is 10.2. The van der Waals surface area contributed by atoms with Crippen LogP contribution in [0.1, 0.15) is 17.3 Å². The van der Waals surface area contributed by atoms with Crippen molar-refractivity contribution < 1.29 is 4.79 Å². The molecule has 0 aliphatic heterocycles. The molecule has 0 radical (unpaired) electrons. The van der Waals surface area contributed by atoms with Crippen molar-refractivity contribution in [2.24, 2.45) is 7.05 Å². The molecule has 0 atom stereocenters. The topological polar surface area (TPSA) is 90.5 Å². The van der Waals surface area contributed by atoms with Gasteiger partial charge in [-0.3, -0.25) is 9.48 Å². The van der Waals surface area contributed by atoms with Crippen molar-refractivity contribution in [3.05, 3.63) is 54.9 Å². The SMILES string of the molecule is CCn1cc(C(=O)Nc2cc3nc(-c4cncn4C)ccc3cn2)cn1. The summed E-state index contributed by atoms with van der Waals surface area (Å²) in [6, 6.07) is 5.64. The summed E-state index contributed by atoms with van der Waals surface area (Å²) in [6.07, 6.45) is 8.44. The average molecular weight is 347 g/mol. The number of amides is 1. The van der Waals surface area contributed by atoms with E-state index < -0.39 is 0 Å². The van der Waals surface area contributed by atoms with Gasteiger partial charge in [0.2, 0.25) is 0 Å². The van der Waals surface area contributed by atoms with E-state index in [2.05, 4.69) is 25.4 Å². The van der Waals surface area contributed by atoms with Crippen molar-refractivity contribution in [2.75, 3.05) is 5.32 Å². The van der Waals surface area contributed by atoms with E-state index in [0.29, 0.717) is 17.9 Å². The third kappa shape index (κ3) is 2.92. The lowest BCUT2D eigenvalue weighted by Gasteiger charge is -2.06. The predicted molar refractivity (Wildman–Crippen MR) is 97.6 cm³/mol. The smallest absolute Gasteiger partial charge is 0.260 e. The largest absolute Gasteiger partial charge is 0.332 e. The number of pyridine rings is 2. The van der Waals surface area contributed by atoms with Gasteiger partial charge in [0.05, 0.1) is 41.2 Å². The zero-order valence-corrected chi connectivity index (χ0v) is 14.4. The monoisotopic (exact) mass is 347 g/mol. The van der Waals surface area contributed by atoms with E-state index in [1.807, 2.05) is 30.7 Å². The van der Waals surface area contributed by atoms with Crippen LogP contribution in [-0.2, 0) is 13.6 Å². The molecule has 1 amide bonds. The second kappa shape index (κ2) is 6.40. The van der Waals surface area contributed by atoms with Crippen LogP contribution >= 0.6 is 0 Å². The van der Waals surface area contributed by atoms with Gasteiger partial charge in [0.15, 0.2) is 0 Å². The van der Waals surface area contributed by atoms with Crippen LogP contribution in [0.25, 0.3) is 22.3 Å². The number of nitrogens with one attached hydrogen (secondary N) is 1. The Bertz CT molecular complexity index is 1100. The zero-order valence-electron chi connectivity index (χ0n) is 14.4. The highest BCUT2D eigenvalue weighted by molar-refractivity contribution is 6.04. The van der Waals surface area contributed by atoms with Gasteiger partial charge in [-0.1, -0.05) is 0 Å². The molecule has 8 nitrogen and oxygen atoms in total. The summed E-state index contributed by atoms with van der Waals surface area (Å²) in [5.41, 5.74) is 2.97. The molecule has 0 saturated heterocycles. The molecular weight excluding hydrogens is 330 g/mol. The molecule has 1 N–H and O–H groups in total. The molecule has 0 aliphatic rings. The molecule has 4 rings (SSSR count). The van der Waals surface area contributed by atoms with Gasteiger partial charge in [-0.2, -0.15) is 5.10 Å². The fourth-order valence-electron chi connectivity index (χ4n) is 2.67. The second-order valence-electron chi connectivity index (χ2n) is 5.89. The summed E-state index contributed by atoms with van der Waals surface area (Å²) in [6.45, 7) is 2.67. The lowest BCUT2D eigenvalue weighted by Crippen LogP contribution is -2.12. The van der Waals surface area contributed by atoms with Crippen LogP contribution in [0.2, 0.25) is 0 Å². The quantitative estimate of drug-likeness (QED) is 0.612. The standard InChI is InChI=1S/C18H17N7O/c1-3-25-10-13(8-21-25)18(26)23-17-6-15-12(7-20-17)4-5-14(22-15)16-9-19-11-24(16)2/h4-11H,3H2,1-2H3,(H,20,23,26). The summed E-state index contributed by atoms with van der Waals surface area (Å²) >= 11 is 0. The van der Waals surface area contributed by atoms with Crippen molar-refractivity contribution >= 4 is 22.6 Å². The van der Waals surface area contributed by atoms with Gasteiger partial charge in [0, 0.05) is 37.4 Å². The minimum absolute atomic E-state index is 0.251. The number of carbonyl (C=O) groups excluding carboxylic acids is 1. The normalized spacial score (nSPS) is 11.0. The first-order valence-electron chi connectivity index (χ1n) is 8.21. The van der Waals surface area contributed by atoms with Crippen LogP contribution in [0.5, 0.6) is 0 Å². The van der Waals surface area contributed by atoms with Crippen molar-refractivity contribution in [3.63, 3.8) is 0 Å². The molecule has 130 valence electrons. The molecule has 26 heavy (non-hydrogen) atoms. The van der Waals surface area contributed by atoms with Gasteiger partial charge in [-0.05, 0) is 19.1 Å². The Morgan fingerprint density at radius 3 is 2.85 bits per heavy atom. The van der Waals surface area contributed by atoms with Crippen LogP contribution in [0.4, 0.5) is 5.82 Å². The lowest BCUT2D eigenvalue weighted by molar-refractivity contribution is 0.102. The first-order valence-corrected chi connectivity index (χ1v) is 8.21. The molecule has 4 heterocycles. The van der Waals surface area contributed by atoms with Crippen LogP contribution in [-0.4, -0.2) is 35.2 Å². The predicted octanol–water partition coefficient (Wildman–Crippen LogP) is 2.50. The Morgan fingerprint density at radius 2 is 2.12 bits per heavy atom. The Labute approximate surface area is 149 Å². The van der Waals surface area contributed by atoms with Gasteiger partial charge >= 0.3 is 0 Å². The highest BCUT2D eigenvalue weighted by atomic mass is 16.1. The zero-order chi connectivity index (χ0) is 18.1. The molecule has 4 aromatic rings. The number of aromatic nitrogens is 6. The van der Waals surface area contributed by atoms with E-state index in [4.69, 9.17) is 0 Å². The Kier molecular flexibility index (Phi) is 3.92. The maximum atomic E-state index is 12.3. The van der Waals surface area contributed by atoms with Gasteiger partial charge in [0.25, 0.3) is 5.91 Å². The highest BCUT2D eigenvalue weighted by Crippen LogP contribution is 2.21. The number of hydrogen-bond donors (Lipinski definition) is 1. The van der Waals surface area contributed by atoms with Crippen LogP contribution in [0.15, 0.2) is 49.3 Å². The molecule has 0 unspecified atom stereocenters. The van der Waals surface area contributed by atoms with Gasteiger partial charge < -0.3 is 9.88 Å². The molecule has 4 aromatic heterocycles. The summed E-state index contributed by atoms with van der Waals surface area (Å²) in [5.74, 6) is 0.195. The fourth-order valence-corrected chi connectivity index (χ4v) is 2.67. The average Bonchev–Trinajstić information content (AvgIpc) is 3.30. The van der Waals surface area contributed by atoms with Crippen LogP contribution < -0.4 is 5.32 Å². The molecule has 0 aliphatic carbocycles. The minimum atomic E-state index is -0.251. The first kappa shape index (κ1) is 15.9. The molecule has 0 bridgehead atoms. The number of rotatable bonds is 4. The summed E-state index contributed by atoms with van der Waals surface area (Å²) in [4.78, 5) is 25.4. The van der Waals surface area contributed by atoms with Crippen molar-refractivity contribution in [3.8, 4) is 11.4 Å². The maximum Gasteiger partial charge on any atom is 0.260 e. The van der Waals surface area contributed by atoms with E-state index >= 15 is 0 Å². The second-order valence-corrected chi connectivity index (χ2v) is 5.89. The number of hydrogen-bond acceptors (Lipinski definition) is 5. The van der Waals surface area contributed by atoms with Gasteiger partial charge in [-0.25, -0.2) is 15.0 Å². The minimum Gasteiger partial charge on any atom is -0.332 e.